The van der Waals surface area contributed by atoms with Gasteiger partial charge in [-0.1, -0.05) is 19.1 Å². The third-order valence-electron chi connectivity index (χ3n) is 3.76. The Bertz CT molecular complexity index is 677. The highest BCUT2D eigenvalue weighted by atomic mass is 16.5. The smallest absolute Gasteiger partial charge is 0.322 e. The molecule has 0 spiro atoms. The molecule has 1 aromatic carbocycles. The first-order valence-electron chi connectivity index (χ1n) is 8.91. The Labute approximate surface area is 155 Å². The lowest BCUT2D eigenvalue weighted by molar-refractivity contribution is 0.202. The van der Waals surface area contributed by atoms with Crippen molar-refractivity contribution in [3.63, 3.8) is 0 Å². The molecule has 0 radical (unpaired) electrons. The van der Waals surface area contributed by atoms with E-state index >= 15 is 0 Å². The third-order valence-corrected chi connectivity index (χ3v) is 3.76. The number of pyridine rings is 1. The van der Waals surface area contributed by atoms with Crippen LogP contribution < -0.4 is 10.1 Å². The van der Waals surface area contributed by atoms with E-state index in [4.69, 9.17) is 4.74 Å². The predicted octanol–water partition coefficient (Wildman–Crippen LogP) is 3.47. The van der Waals surface area contributed by atoms with E-state index in [2.05, 4.69) is 22.1 Å². The van der Waals surface area contributed by atoms with Crippen LogP contribution in [0.3, 0.4) is 0 Å². The summed E-state index contributed by atoms with van der Waals surface area (Å²) in [7, 11) is 3.99. The zero-order chi connectivity index (χ0) is 18.8. The molecule has 2 amide bonds. The lowest BCUT2D eigenvalue weighted by atomic mass is 10.2. The minimum Gasteiger partial charge on any atom is -0.494 e. The van der Waals surface area contributed by atoms with Crippen LogP contribution in [0.2, 0.25) is 0 Å². The van der Waals surface area contributed by atoms with E-state index in [-0.39, 0.29) is 6.03 Å². The van der Waals surface area contributed by atoms with E-state index in [1.807, 2.05) is 50.5 Å². The molecule has 0 bridgehead atoms. The number of benzene rings is 1. The normalized spacial score (nSPS) is 10.6. The summed E-state index contributed by atoms with van der Waals surface area (Å²) >= 11 is 0. The van der Waals surface area contributed by atoms with Crippen molar-refractivity contribution in [2.45, 2.75) is 19.9 Å². The Kier molecular flexibility index (Phi) is 7.89. The first kappa shape index (κ1) is 19.7. The number of likely N-dealkylation sites (N-methyl/N-ethyl adjacent to an activating group) is 1. The second-order valence-corrected chi connectivity index (χ2v) is 6.39. The molecule has 2 aromatic rings. The summed E-state index contributed by atoms with van der Waals surface area (Å²) in [5, 5.41) is 2.97. The SMILES string of the molecule is CCCOc1cccc(NC(=O)N(CCN(C)C)Cc2cccnc2)c1. The van der Waals surface area contributed by atoms with Crippen molar-refractivity contribution in [2.24, 2.45) is 0 Å². The lowest BCUT2D eigenvalue weighted by Crippen LogP contribution is -2.39. The van der Waals surface area contributed by atoms with Crippen LogP contribution in [0.5, 0.6) is 5.75 Å². The van der Waals surface area contributed by atoms with Gasteiger partial charge in [-0.2, -0.15) is 0 Å². The molecule has 0 aliphatic carbocycles. The molecule has 0 aliphatic rings. The van der Waals surface area contributed by atoms with Gasteiger partial charge < -0.3 is 19.9 Å². The molecule has 0 saturated heterocycles. The van der Waals surface area contributed by atoms with E-state index in [9.17, 15) is 4.79 Å². The first-order chi connectivity index (χ1) is 12.6. The van der Waals surface area contributed by atoms with Crippen LogP contribution in [0.15, 0.2) is 48.8 Å². The number of anilines is 1. The molecule has 1 aromatic heterocycles. The number of amides is 2. The average molecular weight is 356 g/mol. The van der Waals surface area contributed by atoms with Crippen molar-refractivity contribution >= 4 is 11.7 Å². The largest absolute Gasteiger partial charge is 0.494 e. The second kappa shape index (κ2) is 10.4. The zero-order valence-electron chi connectivity index (χ0n) is 15.8. The first-order valence-corrected chi connectivity index (χ1v) is 8.91. The minimum absolute atomic E-state index is 0.136. The minimum atomic E-state index is -0.136. The van der Waals surface area contributed by atoms with E-state index < -0.39 is 0 Å². The fourth-order valence-electron chi connectivity index (χ4n) is 2.37. The van der Waals surface area contributed by atoms with Crippen LogP contribution in [0, 0.1) is 0 Å². The Balaban J connectivity index is 2.05. The summed E-state index contributed by atoms with van der Waals surface area (Å²) in [6, 6.07) is 11.2. The van der Waals surface area contributed by atoms with Gasteiger partial charge in [-0.25, -0.2) is 4.79 Å². The molecule has 6 heteroatoms. The van der Waals surface area contributed by atoms with E-state index in [1.165, 1.54) is 0 Å². The van der Waals surface area contributed by atoms with E-state index in [0.717, 1.165) is 30.0 Å². The van der Waals surface area contributed by atoms with E-state index in [1.54, 1.807) is 17.3 Å². The summed E-state index contributed by atoms with van der Waals surface area (Å²) in [5.41, 5.74) is 1.73. The Morgan fingerprint density at radius 3 is 2.73 bits per heavy atom. The molecule has 6 nitrogen and oxygen atoms in total. The summed E-state index contributed by atoms with van der Waals surface area (Å²) in [6.45, 7) is 4.65. The van der Waals surface area contributed by atoms with Crippen molar-refractivity contribution in [3.8, 4) is 5.75 Å². The van der Waals surface area contributed by atoms with E-state index in [0.29, 0.717) is 19.7 Å². The highest BCUT2D eigenvalue weighted by molar-refractivity contribution is 5.89. The van der Waals surface area contributed by atoms with Gasteiger partial charge in [0.25, 0.3) is 0 Å². The lowest BCUT2D eigenvalue weighted by Gasteiger charge is -2.25. The van der Waals surface area contributed by atoms with Crippen molar-refractivity contribution in [2.75, 3.05) is 39.1 Å². The van der Waals surface area contributed by atoms with Gasteiger partial charge in [-0.05, 0) is 44.3 Å². The summed E-state index contributed by atoms with van der Waals surface area (Å²) in [5.74, 6) is 0.761. The average Bonchev–Trinajstić information content (AvgIpc) is 2.64. The molecule has 0 unspecified atom stereocenters. The van der Waals surface area contributed by atoms with Crippen LogP contribution >= 0.6 is 0 Å². The molecule has 140 valence electrons. The number of aromatic nitrogens is 1. The summed E-state index contributed by atoms with van der Waals surface area (Å²) < 4.78 is 5.63. The number of nitrogens with zero attached hydrogens (tertiary/aromatic N) is 3. The number of ether oxygens (including phenoxy) is 1. The summed E-state index contributed by atoms with van der Waals surface area (Å²) in [4.78, 5) is 20.8. The molecule has 1 heterocycles. The predicted molar refractivity (Wildman–Crippen MR) is 104 cm³/mol. The number of rotatable bonds is 9. The van der Waals surface area contributed by atoms with Crippen LogP contribution in [0.25, 0.3) is 0 Å². The van der Waals surface area contributed by atoms with Gasteiger partial charge in [-0.3, -0.25) is 4.98 Å². The molecular formula is C20H28N4O2. The molecule has 0 fully saturated rings. The van der Waals surface area contributed by atoms with Gasteiger partial charge >= 0.3 is 6.03 Å². The number of urea groups is 1. The van der Waals surface area contributed by atoms with Crippen LogP contribution in [-0.4, -0.2) is 54.6 Å². The van der Waals surface area contributed by atoms with Gasteiger partial charge in [0.05, 0.1) is 6.61 Å². The Morgan fingerprint density at radius 2 is 2.04 bits per heavy atom. The fourth-order valence-corrected chi connectivity index (χ4v) is 2.37. The van der Waals surface area contributed by atoms with Gasteiger partial charge in [0.2, 0.25) is 0 Å². The molecular weight excluding hydrogens is 328 g/mol. The molecule has 0 aliphatic heterocycles. The highest BCUT2D eigenvalue weighted by Gasteiger charge is 2.15. The fraction of sp³-hybridized carbons (Fsp3) is 0.400. The molecule has 2 rings (SSSR count). The highest BCUT2D eigenvalue weighted by Crippen LogP contribution is 2.18. The molecule has 26 heavy (non-hydrogen) atoms. The Morgan fingerprint density at radius 1 is 1.19 bits per heavy atom. The topological polar surface area (TPSA) is 57.7 Å². The number of nitrogens with one attached hydrogen (secondary N) is 1. The maximum atomic E-state index is 12.8. The van der Waals surface area contributed by atoms with Crippen molar-refractivity contribution < 1.29 is 9.53 Å². The maximum absolute atomic E-state index is 12.8. The molecule has 0 saturated carbocycles. The number of carbonyl (C=O) groups excluding carboxylic acids is 1. The Hall–Kier alpha value is -2.60. The maximum Gasteiger partial charge on any atom is 0.322 e. The van der Waals surface area contributed by atoms with Gasteiger partial charge in [-0.15, -0.1) is 0 Å². The number of carbonyl (C=O) groups is 1. The monoisotopic (exact) mass is 356 g/mol. The van der Waals surface area contributed by atoms with Crippen LogP contribution in [0.4, 0.5) is 10.5 Å². The zero-order valence-corrected chi connectivity index (χ0v) is 15.8. The third kappa shape index (κ3) is 6.72. The summed E-state index contributed by atoms with van der Waals surface area (Å²) in [6.07, 6.45) is 4.46. The van der Waals surface area contributed by atoms with Crippen LogP contribution in [0.1, 0.15) is 18.9 Å². The van der Waals surface area contributed by atoms with Crippen molar-refractivity contribution in [1.82, 2.24) is 14.8 Å². The van der Waals surface area contributed by atoms with Crippen molar-refractivity contribution in [3.05, 3.63) is 54.4 Å². The number of hydrogen-bond donors (Lipinski definition) is 1. The van der Waals surface area contributed by atoms with Crippen molar-refractivity contribution in [1.29, 1.82) is 0 Å². The van der Waals surface area contributed by atoms with Crippen LogP contribution in [-0.2, 0) is 6.54 Å². The van der Waals surface area contributed by atoms with Gasteiger partial charge in [0.15, 0.2) is 0 Å². The number of hydrogen-bond acceptors (Lipinski definition) is 4. The van der Waals surface area contributed by atoms with Gasteiger partial charge in [0.1, 0.15) is 5.75 Å². The quantitative estimate of drug-likeness (QED) is 0.747. The molecule has 1 N–H and O–H groups in total. The standard InChI is InChI=1S/C20H28N4O2/c1-4-13-26-19-9-5-8-18(14-19)22-20(25)24(12-11-23(2)3)16-17-7-6-10-21-15-17/h5-10,14-15H,4,11-13,16H2,1-3H3,(H,22,25). The second-order valence-electron chi connectivity index (χ2n) is 6.39. The van der Waals surface area contributed by atoms with Gasteiger partial charge in [0, 0.05) is 43.8 Å². The molecule has 0 atom stereocenters.